The third kappa shape index (κ3) is 5.33. The van der Waals surface area contributed by atoms with Gasteiger partial charge in [0.25, 0.3) is 0 Å². The normalized spacial score (nSPS) is 14.8. The van der Waals surface area contributed by atoms with Crippen LogP contribution in [0.2, 0.25) is 0 Å². The van der Waals surface area contributed by atoms with E-state index < -0.39 is 0 Å². The van der Waals surface area contributed by atoms with E-state index in [2.05, 4.69) is 14.7 Å². The maximum Gasteiger partial charge on any atom is 0.170 e. The van der Waals surface area contributed by atoms with E-state index >= 15 is 0 Å². The molecule has 98 valence electrons. The van der Waals surface area contributed by atoms with Gasteiger partial charge in [0.2, 0.25) is 0 Å². The fraction of sp³-hybridized carbons (Fsp3) is 0.818. The van der Waals surface area contributed by atoms with Gasteiger partial charge in [-0.3, -0.25) is 0 Å². The summed E-state index contributed by atoms with van der Waals surface area (Å²) in [5.41, 5.74) is -0.135. The lowest BCUT2D eigenvalue weighted by Gasteiger charge is -2.26. The standard InChI is InChI=1S/C11H21N3OS2/c1-9-13-10(17-14-9)16-7-5-4-6-11(2,8-15)12-3/h12,15H,4-8H2,1-3H3. The minimum absolute atomic E-state index is 0.135. The number of aliphatic hydroxyl groups excluding tert-OH is 1. The van der Waals surface area contributed by atoms with Crippen molar-refractivity contribution in [2.24, 2.45) is 0 Å². The molecule has 0 bridgehead atoms. The van der Waals surface area contributed by atoms with Crippen molar-refractivity contribution in [1.29, 1.82) is 0 Å². The largest absolute Gasteiger partial charge is 0.394 e. The molecule has 0 aromatic carbocycles. The summed E-state index contributed by atoms with van der Waals surface area (Å²) in [5, 5.41) is 12.4. The van der Waals surface area contributed by atoms with Crippen LogP contribution in [0.15, 0.2) is 4.34 Å². The zero-order chi connectivity index (χ0) is 12.7. The Bertz CT molecular complexity index is 326. The number of nitrogens with zero attached hydrogens (tertiary/aromatic N) is 2. The van der Waals surface area contributed by atoms with Crippen molar-refractivity contribution in [2.75, 3.05) is 19.4 Å². The lowest BCUT2D eigenvalue weighted by atomic mass is 9.96. The molecule has 1 aromatic rings. The Balaban J connectivity index is 2.12. The van der Waals surface area contributed by atoms with Crippen molar-refractivity contribution in [3.63, 3.8) is 0 Å². The number of rotatable bonds is 8. The fourth-order valence-electron chi connectivity index (χ4n) is 1.40. The molecule has 0 spiro atoms. The Morgan fingerprint density at radius 2 is 2.24 bits per heavy atom. The second-order valence-corrected chi connectivity index (χ2v) is 6.48. The van der Waals surface area contributed by atoms with Gasteiger partial charge in [-0.25, -0.2) is 4.98 Å². The number of thioether (sulfide) groups is 1. The van der Waals surface area contributed by atoms with Crippen LogP contribution in [-0.4, -0.2) is 39.4 Å². The van der Waals surface area contributed by atoms with Crippen LogP contribution in [0.4, 0.5) is 0 Å². The molecule has 1 atom stereocenters. The van der Waals surface area contributed by atoms with Crippen LogP contribution in [0.5, 0.6) is 0 Å². The van der Waals surface area contributed by atoms with Crippen LogP contribution in [0.25, 0.3) is 0 Å². The molecular formula is C11H21N3OS2. The van der Waals surface area contributed by atoms with Gasteiger partial charge in [0, 0.05) is 11.3 Å². The van der Waals surface area contributed by atoms with E-state index in [0.717, 1.165) is 35.2 Å². The average Bonchev–Trinajstić information content (AvgIpc) is 2.74. The first-order valence-electron chi connectivity index (χ1n) is 5.82. The van der Waals surface area contributed by atoms with Gasteiger partial charge in [0.05, 0.1) is 6.61 Å². The summed E-state index contributed by atoms with van der Waals surface area (Å²) in [5.74, 6) is 1.93. The summed E-state index contributed by atoms with van der Waals surface area (Å²) >= 11 is 3.24. The average molecular weight is 275 g/mol. The highest BCUT2D eigenvalue weighted by Gasteiger charge is 2.19. The number of unbranched alkanes of at least 4 members (excludes halogenated alkanes) is 1. The number of hydrogen-bond donors (Lipinski definition) is 2. The van der Waals surface area contributed by atoms with Crippen LogP contribution >= 0.6 is 23.3 Å². The smallest absolute Gasteiger partial charge is 0.170 e. The van der Waals surface area contributed by atoms with Crippen LogP contribution in [0, 0.1) is 6.92 Å². The first kappa shape index (κ1) is 14.9. The zero-order valence-electron chi connectivity index (χ0n) is 10.7. The van der Waals surface area contributed by atoms with Crippen molar-refractivity contribution >= 4 is 23.3 Å². The molecule has 0 radical (unpaired) electrons. The maximum atomic E-state index is 9.24. The number of aromatic nitrogens is 2. The number of aryl methyl sites for hydroxylation is 1. The van der Waals surface area contributed by atoms with Gasteiger partial charge in [-0.2, -0.15) is 4.37 Å². The topological polar surface area (TPSA) is 58.0 Å². The highest BCUT2D eigenvalue weighted by molar-refractivity contribution is 8.00. The summed E-state index contributed by atoms with van der Waals surface area (Å²) in [6.07, 6.45) is 3.25. The summed E-state index contributed by atoms with van der Waals surface area (Å²) in [6, 6.07) is 0. The van der Waals surface area contributed by atoms with Crippen molar-refractivity contribution in [1.82, 2.24) is 14.7 Å². The van der Waals surface area contributed by atoms with E-state index in [0.29, 0.717) is 0 Å². The third-order valence-corrected chi connectivity index (χ3v) is 4.82. The maximum absolute atomic E-state index is 9.24. The molecule has 6 heteroatoms. The highest BCUT2D eigenvalue weighted by Crippen LogP contribution is 2.22. The van der Waals surface area contributed by atoms with Crippen LogP contribution in [0.1, 0.15) is 32.0 Å². The Kier molecular flexibility index (Phi) is 6.40. The lowest BCUT2D eigenvalue weighted by Crippen LogP contribution is -2.43. The van der Waals surface area contributed by atoms with Crippen LogP contribution < -0.4 is 5.32 Å². The quantitative estimate of drug-likeness (QED) is 0.562. The zero-order valence-corrected chi connectivity index (χ0v) is 12.3. The molecule has 0 amide bonds. The fourth-order valence-corrected chi connectivity index (χ4v) is 3.11. The number of likely N-dealkylation sites (N-methyl/N-ethyl adjacent to an activating group) is 1. The molecule has 1 heterocycles. The molecule has 0 saturated carbocycles. The number of hydrogen-bond acceptors (Lipinski definition) is 6. The predicted octanol–water partition coefficient (Wildman–Crippen LogP) is 2.08. The molecule has 0 fully saturated rings. The first-order chi connectivity index (χ1) is 8.09. The lowest BCUT2D eigenvalue weighted by molar-refractivity contribution is 0.171. The second-order valence-electron chi connectivity index (χ2n) is 4.38. The molecular weight excluding hydrogens is 254 g/mol. The van der Waals surface area contributed by atoms with E-state index in [1.807, 2.05) is 20.9 Å². The Labute approximate surface area is 111 Å². The van der Waals surface area contributed by atoms with E-state index in [4.69, 9.17) is 0 Å². The molecule has 0 aliphatic rings. The van der Waals surface area contributed by atoms with Gasteiger partial charge in [-0.1, -0.05) is 18.2 Å². The van der Waals surface area contributed by atoms with Crippen molar-refractivity contribution in [2.45, 2.75) is 43.0 Å². The van der Waals surface area contributed by atoms with Gasteiger partial charge in [-0.05, 0) is 45.3 Å². The molecule has 1 aromatic heterocycles. The van der Waals surface area contributed by atoms with E-state index in [1.54, 1.807) is 11.8 Å². The first-order valence-corrected chi connectivity index (χ1v) is 7.58. The second kappa shape index (κ2) is 7.31. The highest BCUT2D eigenvalue weighted by atomic mass is 32.2. The molecule has 2 N–H and O–H groups in total. The van der Waals surface area contributed by atoms with Crippen molar-refractivity contribution in [3.05, 3.63) is 5.82 Å². The Morgan fingerprint density at radius 1 is 1.47 bits per heavy atom. The predicted molar refractivity (Wildman–Crippen MR) is 73.8 cm³/mol. The van der Waals surface area contributed by atoms with Gasteiger partial charge in [-0.15, -0.1) is 0 Å². The molecule has 0 aliphatic heterocycles. The molecule has 17 heavy (non-hydrogen) atoms. The number of aliphatic hydroxyl groups is 1. The van der Waals surface area contributed by atoms with E-state index in [9.17, 15) is 5.11 Å². The van der Waals surface area contributed by atoms with Crippen LogP contribution in [0.3, 0.4) is 0 Å². The summed E-state index contributed by atoms with van der Waals surface area (Å²) < 4.78 is 5.20. The summed E-state index contributed by atoms with van der Waals surface area (Å²) in [7, 11) is 1.90. The third-order valence-electron chi connectivity index (χ3n) is 2.81. The van der Waals surface area contributed by atoms with Gasteiger partial charge in [0.15, 0.2) is 4.34 Å². The van der Waals surface area contributed by atoms with E-state index in [-0.39, 0.29) is 12.1 Å². The molecule has 0 saturated heterocycles. The molecule has 1 rings (SSSR count). The minimum atomic E-state index is -0.135. The van der Waals surface area contributed by atoms with Gasteiger partial charge >= 0.3 is 0 Å². The van der Waals surface area contributed by atoms with Crippen LogP contribution in [-0.2, 0) is 0 Å². The van der Waals surface area contributed by atoms with Crippen molar-refractivity contribution in [3.8, 4) is 0 Å². The van der Waals surface area contributed by atoms with Gasteiger partial charge in [0.1, 0.15) is 5.82 Å². The monoisotopic (exact) mass is 275 g/mol. The summed E-state index contributed by atoms with van der Waals surface area (Å²) in [4.78, 5) is 4.31. The van der Waals surface area contributed by atoms with E-state index in [1.165, 1.54) is 11.5 Å². The SMILES string of the molecule is CNC(C)(CO)CCCCSc1nc(C)ns1. The number of nitrogens with one attached hydrogen (secondary N) is 1. The Hall–Kier alpha value is -0.170. The van der Waals surface area contributed by atoms with Crippen molar-refractivity contribution < 1.29 is 5.11 Å². The molecule has 4 nitrogen and oxygen atoms in total. The van der Waals surface area contributed by atoms with Gasteiger partial charge < -0.3 is 10.4 Å². The minimum Gasteiger partial charge on any atom is -0.394 e. The molecule has 1 unspecified atom stereocenters. The Morgan fingerprint density at radius 3 is 2.76 bits per heavy atom. The molecule has 0 aliphatic carbocycles. The summed E-state index contributed by atoms with van der Waals surface area (Å²) in [6.45, 7) is 4.15.